The van der Waals surface area contributed by atoms with Gasteiger partial charge < -0.3 is 65.9 Å². The quantitative estimate of drug-likeness (QED) is 0.142. The predicted octanol–water partition coefficient (Wildman–Crippen LogP) is -1.94. The number of fused-ring (bicyclic) bond motifs is 2. The van der Waals surface area contributed by atoms with Crippen LogP contribution in [0.25, 0.3) is 6.08 Å². The Hall–Kier alpha value is 0.455. The van der Waals surface area contributed by atoms with Crippen molar-refractivity contribution in [3.8, 4) is 23.5 Å². The summed E-state index contributed by atoms with van der Waals surface area (Å²) in [6.07, 6.45) is 0.673. The summed E-state index contributed by atoms with van der Waals surface area (Å²) in [6, 6.07) is 0. The lowest BCUT2D eigenvalue weighted by molar-refractivity contribution is -0.862. The van der Waals surface area contributed by atoms with E-state index in [0.717, 1.165) is 22.1 Å². The SMILES string of the molecule is CC1=C(I)C(C)=[N+]2C1=Cc1c(C)c(I)c(C)n1[B-]2(C#CC[N+](C)(C)C)C#CC[N+](C)(C)C.[I-].[I-]. The molecule has 2 aliphatic heterocycles. The summed E-state index contributed by atoms with van der Waals surface area (Å²) in [5, 5.41) is 0. The van der Waals surface area contributed by atoms with Crippen molar-refractivity contribution >= 4 is 63.4 Å². The Bertz CT molecular complexity index is 1180. The molecule has 1 aromatic rings. The highest BCUT2D eigenvalue weighted by atomic mass is 127. The van der Waals surface area contributed by atoms with Gasteiger partial charge in [0.1, 0.15) is 18.8 Å². The van der Waals surface area contributed by atoms with Gasteiger partial charge in [-0.15, -0.1) is 0 Å². The van der Waals surface area contributed by atoms with Gasteiger partial charge in [-0.3, -0.25) is 0 Å². The van der Waals surface area contributed by atoms with Gasteiger partial charge in [0.25, 0.3) is 0 Å². The first kappa shape index (κ1) is 32.5. The molecule has 0 bridgehead atoms. The maximum absolute atomic E-state index is 3.77. The molecule has 0 aromatic carbocycles. The molecule has 0 saturated carbocycles. The van der Waals surface area contributed by atoms with Gasteiger partial charge >= 0.3 is 6.42 Å². The monoisotopic (exact) mass is 910 g/mol. The van der Waals surface area contributed by atoms with Gasteiger partial charge in [-0.25, -0.2) is 0 Å². The average molecular weight is 910 g/mol. The second-order valence-electron chi connectivity index (χ2n) is 11.0. The number of halogens is 4. The molecular weight excluding hydrogens is 875 g/mol. The maximum Gasteiger partial charge on any atom is 0.520 e. The Morgan fingerprint density at radius 2 is 1.35 bits per heavy atom. The van der Waals surface area contributed by atoms with E-state index in [1.54, 1.807) is 0 Å². The largest absolute Gasteiger partial charge is 1.00 e. The highest BCUT2D eigenvalue weighted by Gasteiger charge is 2.49. The molecule has 0 fully saturated rings. The first-order chi connectivity index (χ1) is 14.6. The van der Waals surface area contributed by atoms with Crippen LogP contribution < -0.4 is 48.0 Å². The van der Waals surface area contributed by atoms with E-state index in [2.05, 4.69) is 154 Å². The molecule has 1 aromatic heterocycles. The molecule has 3 heterocycles. The number of hydrogen-bond donors (Lipinski definition) is 0. The smallest absolute Gasteiger partial charge is 0.520 e. The fraction of sp³-hybridized carbons (Fsp3) is 0.480. The van der Waals surface area contributed by atoms with Gasteiger partial charge in [0, 0.05) is 27.8 Å². The highest BCUT2D eigenvalue weighted by Crippen LogP contribution is 2.40. The lowest BCUT2D eigenvalue weighted by Gasteiger charge is -2.36. The van der Waals surface area contributed by atoms with Crippen molar-refractivity contribution < 1.29 is 61.4 Å². The summed E-state index contributed by atoms with van der Waals surface area (Å²) in [7, 11) is 13.1. The predicted molar refractivity (Wildman–Crippen MR) is 155 cm³/mol. The van der Waals surface area contributed by atoms with Gasteiger partial charge in [0.15, 0.2) is 5.70 Å². The lowest BCUT2D eigenvalue weighted by Crippen LogP contribution is -3.00. The van der Waals surface area contributed by atoms with E-state index >= 15 is 0 Å². The summed E-state index contributed by atoms with van der Waals surface area (Å²) in [6.45, 7) is 10.4. The van der Waals surface area contributed by atoms with Crippen LogP contribution in [-0.4, -0.2) is 85.4 Å². The molecule has 0 radical (unpaired) electrons. The topological polar surface area (TPSA) is 7.94 Å². The van der Waals surface area contributed by atoms with E-state index in [9.17, 15) is 0 Å². The second-order valence-corrected chi connectivity index (χ2v) is 13.2. The molecule has 9 heteroatoms. The molecule has 186 valence electrons. The van der Waals surface area contributed by atoms with Crippen molar-refractivity contribution in [3.63, 3.8) is 0 Å². The molecule has 3 rings (SSSR count). The fourth-order valence-corrected chi connectivity index (χ4v) is 5.48. The summed E-state index contributed by atoms with van der Waals surface area (Å²) < 4.78 is 9.10. The number of nitrogens with zero attached hydrogens (tertiary/aromatic N) is 4. The number of rotatable bonds is 2. The van der Waals surface area contributed by atoms with Crippen molar-refractivity contribution in [3.05, 3.63) is 35.4 Å². The minimum Gasteiger partial charge on any atom is -1.00 e. The van der Waals surface area contributed by atoms with Gasteiger partial charge in [0.2, 0.25) is 0 Å². The van der Waals surface area contributed by atoms with Crippen molar-refractivity contribution in [1.82, 2.24) is 4.48 Å². The third-order valence-corrected chi connectivity index (χ3v) is 9.22. The number of quaternary nitrogens is 2. The van der Waals surface area contributed by atoms with Crippen molar-refractivity contribution in [2.45, 2.75) is 27.7 Å². The Labute approximate surface area is 268 Å². The van der Waals surface area contributed by atoms with Crippen molar-refractivity contribution in [1.29, 1.82) is 0 Å². The van der Waals surface area contributed by atoms with Crippen LogP contribution in [0.2, 0.25) is 0 Å². The molecule has 0 unspecified atom stereocenters. The third kappa shape index (κ3) is 6.12. The van der Waals surface area contributed by atoms with E-state index < -0.39 is 6.42 Å². The van der Waals surface area contributed by atoms with Crippen molar-refractivity contribution in [2.75, 3.05) is 55.4 Å². The van der Waals surface area contributed by atoms with Crippen molar-refractivity contribution in [2.24, 2.45) is 0 Å². The molecule has 34 heavy (non-hydrogen) atoms. The molecule has 0 saturated heterocycles. The Morgan fingerprint density at radius 1 is 0.882 bits per heavy atom. The molecule has 0 N–H and O–H groups in total. The molecule has 0 aliphatic carbocycles. The normalized spacial score (nSPS) is 16.3. The Morgan fingerprint density at radius 3 is 1.79 bits per heavy atom. The van der Waals surface area contributed by atoms with Crippen LogP contribution in [0.3, 0.4) is 0 Å². The van der Waals surface area contributed by atoms with Crippen LogP contribution in [-0.2, 0) is 0 Å². The second kappa shape index (κ2) is 11.5. The van der Waals surface area contributed by atoms with Crippen LogP contribution in [0.15, 0.2) is 14.8 Å². The number of allylic oxidation sites excluding steroid dienone is 2. The number of aromatic nitrogens is 1. The average Bonchev–Trinajstić information content (AvgIpc) is 3.01. The van der Waals surface area contributed by atoms with E-state index in [1.807, 2.05) is 0 Å². The molecular formula is C25H35BI4N4. The van der Waals surface area contributed by atoms with Gasteiger partial charge in [0.05, 0.1) is 45.9 Å². The summed E-state index contributed by atoms with van der Waals surface area (Å²) >= 11 is 4.97. The summed E-state index contributed by atoms with van der Waals surface area (Å²) in [4.78, 5) is 0. The van der Waals surface area contributed by atoms with Crippen LogP contribution in [0, 0.1) is 40.9 Å². The standard InChI is InChI=1S/C25H35BI2N4.2HI/c1-18-22-17-23-19(2)25(28)21(4)30(23)26(13-11-15-31(5,6)7,14-12-16-32(8,9)10)29(22)20(3)24(18)27;;/h17H,15-16H2,1-10H3;2*1H/q+2;;/p-2. The van der Waals surface area contributed by atoms with E-state index in [4.69, 9.17) is 0 Å². The highest BCUT2D eigenvalue weighted by molar-refractivity contribution is 14.1. The van der Waals surface area contributed by atoms with Gasteiger partial charge in [-0.2, -0.15) is 11.6 Å². The molecule has 0 atom stereocenters. The van der Waals surface area contributed by atoms with Gasteiger partial charge in [-0.05, 0) is 77.2 Å². The van der Waals surface area contributed by atoms with Crippen LogP contribution in [0.5, 0.6) is 0 Å². The van der Waals surface area contributed by atoms with E-state index in [-0.39, 0.29) is 48.0 Å². The zero-order valence-electron chi connectivity index (χ0n) is 21.9. The first-order valence-electron chi connectivity index (χ1n) is 11.0. The zero-order chi connectivity index (χ0) is 24.2. The number of hydrogen-bond acceptors (Lipinski definition) is 0. The summed E-state index contributed by atoms with van der Waals surface area (Å²) in [5.41, 5.74) is 7.62. The van der Waals surface area contributed by atoms with Crippen LogP contribution >= 0.6 is 45.2 Å². The Balaban J connectivity index is 0.00000289. The van der Waals surface area contributed by atoms with Gasteiger partial charge in [-0.1, -0.05) is 11.8 Å². The zero-order valence-corrected chi connectivity index (χ0v) is 30.5. The lowest BCUT2D eigenvalue weighted by atomic mass is 9.45. The summed E-state index contributed by atoms with van der Waals surface area (Å²) in [5.74, 6) is 14.7. The molecule has 0 amide bonds. The Kier molecular flexibility index (Phi) is 10.9. The minimum atomic E-state index is -1.67. The first-order valence-corrected chi connectivity index (χ1v) is 13.1. The third-order valence-electron chi connectivity index (χ3n) is 6.04. The molecule has 0 spiro atoms. The molecule has 2 aliphatic rings. The van der Waals surface area contributed by atoms with E-state index in [0.29, 0.717) is 0 Å². The van der Waals surface area contributed by atoms with Crippen LogP contribution in [0.4, 0.5) is 0 Å². The van der Waals surface area contributed by atoms with Crippen LogP contribution in [0.1, 0.15) is 30.8 Å². The maximum atomic E-state index is 3.77. The van der Waals surface area contributed by atoms with E-state index in [1.165, 1.54) is 41.1 Å². The fourth-order valence-electron chi connectivity index (χ4n) is 4.41. The molecule has 4 nitrogen and oxygen atoms in total. The minimum absolute atomic E-state index is 0.